The van der Waals surface area contributed by atoms with Crippen LogP contribution < -0.4 is 0 Å². The van der Waals surface area contributed by atoms with Gasteiger partial charge in [-0.05, 0) is 53.6 Å². The van der Waals surface area contributed by atoms with Gasteiger partial charge in [0.2, 0.25) is 0 Å². The average Bonchev–Trinajstić information content (AvgIpc) is 3.97. The van der Waals surface area contributed by atoms with E-state index in [-0.39, 0.29) is 0 Å². The van der Waals surface area contributed by atoms with Gasteiger partial charge in [0.05, 0.1) is 22.1 Å². The lowest BCUT2D eigenvalue weighted by atomic mass is 9.93. The van der Waals surface area contributed by atoms with Gasteiger partial charge in [-0.15, -0.1) is 0 Å². The minimum Gasteiger partial charge on any atom is -0.456 e. The molecule has 0 N–H and O–H groups in total. The Morgan fingerprint density at radius 1 is 0.316 bits per heavy atom. The largest absolute Gasteiger partial charge is 0.456 e. The number of fused-ring (bicyclic) bond motifs is 9. The van der Waals surface area contributed by atoms with Gasteiger partial charge in [0.1, 0.15) is 22.3 Å². The molecule has 0 unspecified atom stereocenters. The number of rotatable bonds is 5. The molecule has 0 aliphatic carbocycles. The number of para-hydroxylation sites is 2. The summed E-state index contributed by atoms with van der Waals surface area (Å²) in [6.45, 7) is 0. The van der Waals surface area contributed by atoms with Crippen molar-refractivity contribution in [1.82, 2.24) is 19.5 Å². The first-order chi connectivity index (χ1) is 28.3. The monoisotopic (exact) mass is 730 g/mol. The van der Waals surface area contributed by atoms with Crippen molar-refractivity contribution in [3.63, 3.8) is 0 Å². The molecule has 4 aromatic heterocycles. The van der Waals surface area contributed by atoms with Gasteiger partial charge in [0, 0.05) is 43.6 Å². The molecule has 8 aromatic carbocycles. The van der Waals surface area contributed by atoms with Crippen LogP contribution >= 0.6 is 0 Å². The molecule has 0 bridgehead atoms. The molecule has 4 heterocycles. The van der Waals surface area contributed by atoms with Crippen molar-refractivity contribution in [3.05, 3.63) is 182 Å². The molecule has 6 nitrogen and oxygen atoms in total. The summed E-state index contributed by atoms with van der Waals surface area (Å²) in [5.74, 6) is 1.79. The van der Waals surface area contributed by atoms with Gasteiger partial charge < -0.3 is 13.4 Å². The molecule has 6 heteroatoms. The Labute approximate surface area is 325 Å². The zero-order chi connectivity index (χ0) is 37.5. The predicted molar refractivity (Wildman–Crippen MR) is 230 cm³/mol. The zero-order valence-electron chi connectivity index (χ0n) is 30.4. The second-order valence-electron chi connectivity index (χ2n) is 14.3. The van der Waals surface area contributed by atoms with E-state index < -0.39 is 0 Å². The van der Waals surface area contributed by atoms with Crippen molar-refractivity contribution in [2.75, 3.05) is 0 Å². The smallest absolute Gasteiger partial charge is 0.164 e. The van der Waals surface area contributed by atoms with E-state index in [1.54, 1.807) is 0 Å². The van der Waals surface area contributed by atoms with Crippen LogP contribution in [0.15, 0.2) is 191 Å². The maximum absolute atomic E-state index is 6.70. The zero-order valence-corrected chi connectivity index (χ0v) is 30.4. The maximum atomic E-state index is 6.70. The van der Waals surface area contributed by atoms with Crippen molar-refractivity contribution in [1.29, 1.82) is 0 Å². The molecule has 0 saturated heterocycles. The van der Waals surface area contributed by atoms with E-state index in [4.69, 9.17) is 23.8 Å². The Kier molecular flexibility index (Phi) is 6.83. The Bertz CT molecular complexity index is 3410. The second kappa shape index (κ2) is 12.3. The summed E-state index contributed by atoms with van der Waals surface area (Å²) in [6.07, 6.45) is 0. The van der Waals surface area contributed by atoms with Crippen molar-refractivity contribution in [2.24, 2.45) is 0 Å². The fraction of sp³-hybridized carbons (Fsp3) is 0. The number of nitrogens with zero attached hydrogens (tertiary/aromatic N) is 4. The Hall–Kier alpha value is -7.83. The molecular weight excluding hydrogens is 701 g/mol. The highest BCUT2D eigenvalue weighted by atomic mass is 16.3. The molecule has 57 heavy (non-hydrogen) atoms. The van der Waals surface area contributed by atoms with Crippen molar-refractivity contribution in [2.45, 2.75) is 0 Å². The van der Waals surface area contributed by atoms with E-state index in [1.165, 1.54) is 10.8 Å². The number of hydrogen-bond donors (Lipinski definition) is 0. The van der Waals surface area contributed by atoms with Crippen molar-refractivity contribution < 1.29 is 8.83 Å². The lowest BCUT2D eigenvalue weighted by Gasteiger charge is -2.12. The molecular formula is C51H30N4O2. The van der Waals surface area contributed by atoms with Gasteiger partial charge >= 0.3 is 0 Å². The third-order valence-electron chi connectivity index (χ3n) is 11.1. The van der Waals surface area contributed by atoms with E-state index in [0.717, 1.165) is 88.4 Å². The lowest BCUT2D eigenvalue weighted by molar-refractivity contribution is 0.668. The first-order valence-electron chi connectivity index (χ1n) is 19.0. The SMILES string of the molecule is c1ccc(-c2nc(-c3ccccc3)nc(-c3cccc4oc5cccc(-c6cccc7oc8cccc(-n9c%10ccccc%10c%10ccccc%109)c8c67)c5c34)n2)cc1. The van der Waals surface area contributed by atoms with E-state index in [2.05, 4.69) is 108 Å². The number of hydrogen-bond acceptors (Lipinski definition) is 5. The fourth-order valence-electron chi connectivity index (χ4n) is 8.65. The maximum Gasteiger partial charge on any atom is 0.164 e. The lowest BCUT2D eigenvalue weighted by Crippen LogP contribution is -2.00. The van der Waals surface area contributed by atoms with E-state index in [1.807, 2.05) is 78.9 Å². The van der Waals surface area contributed by atoms with Crippen LogP contribution in [-0.4, -0.2) is 19.5 Å². The van der Waals surface area contributed by atoms with Gasteiger partial charge in [0.25, 0.3) is 0 Å². The summed E-state index contributed by atoms with van der Waals surface area (Å²) in [6, 6.07) is 62.5. The Morgan fingerprint density at radius 2 is 0.719 bits per heavy atom. The summed E-state index contributed by atoms with van der Waals surface area (Å²) in [7, 11) is 0. The summed E-state index contributed by atoms with van der Waals surface area (Å²) < 4.78 is 15.7. The number of aromatic nitrogens is 4. The van der Waals surface area contributed by atoms with Gasteiger partial charge in [0.15, 0.2) is 17.5 Å². The minimum absolute atomic E-state index is 0.575. The molecule has 0 aliphatic heterocycles. The number of benzene rings is 8. The molecule has 0 spiro atoms. The van der Waals surface area contributed by atoms with Crippen LogP contribution in [0.25, 0.3) is 117 Å². The molecule has 0 fully saturated rings. The minimum atomic E-state index is 0.575. The van der Waals surface area contributed by atoms with Crippen LogP contribution in [0.1, 0.15) is 0 Å². The summed E-state index contributed by atoms with van der Waals surface area (Å²) in [4.78, 5) is 15.2. The highest BCUT2D eigenvalue weighted by Gasteiger charge is 2.24. The molecule has 266 valence electrons. The van der Waals surface area contributed by atoms with Gasteiger partial charge in [-0.25, -0.2) is 15.0 Å². The first kappa shape index (κ1) is 31.5. The standard InChI is InChI=1S/C51H30N4O2/c1-3-15-31(16-4-1)49-52-50(32-17-5-2-6-18-32)54-51(53-49)37-23-13-29-43-47(37)45-35(21-11-27-41(45)56-43)36-22-12-28-42-46(36)48-40(26-14-30-44(48)57-42)55-38-24-9-7-19-33(38)34-20-8-10-25-39(34)55/h1-30H. The molecule has 0 saturated carbocycles. The van der Waals surface area contributed by atoms with Crippen molar-refractivity contribution >= 4 is 65.7 Å². The predicted octanol–water partition coefficient (Wildman–Crippen LogP) is 13.4. The normalized spacial score (nSPS) is 11.9. The number of furan rings is 2. The van der Waals surface area contributed by atoms with Crippen LogP contribution in [0.3, 0.4) is 0 Å². The molecule has 0 amide bonds. The van der Waals surface area contributed by atoms with Crippen LogP contribution in [0.5, 0.6) is 0 Å². The fourth-order valence-corrected chi connectivity index (χ4v) is 8.65. The van der Waals surface area contributed by atoms with Crippen LogP contribution in [0, 0.1) is 0 Å². The first-order valence-corrected chi connectivity index (χ1v) is 19.0. The van der Waals surface area contributed by atoms with Crippen LogP contribution in [0.2, 0.25) is 0 Å². The van der Waals surface area contributed by atoms with E-state index in [9.17, 15) is 0 Å². The quantitative estimate of drug-likeness (QED) is 0.176. The molecule has 0 aliphatic rings. The molecule has 12 aromatic rings. The third kappa shape index (κ3) is 4.81. The van der Waals surface area contributed by atoms with Crippen LogP contribution in [-0.2, 0) is 0 Å². The average molecular weight is 731 g/mol. The second-order valence-corrected chi connectivity index (χ2v) is 14.3. The Morgan fingerprint density at radius 3 is 1.26 bits per heavy atom. The highest BCUT2D eigenvalue weighted by molar-refractivity contribution is 6.23. The topological polar surface area (TPSA) is 69.9 Å². The van der Waals surface area contributed by atoms with Gasteiger partial charge in [-0.1, -0.05) is 140 Å². The summed E-state index contributed by atoms with van der Waals surface area (Å²) in [5.41, 5.74) is 11.3. The van der Waals surface area contributed by atoms with E-state index in [0.29, 0.717) is 17.5 Å². The summed E-state index contributed by atoms with van der Waals surface area (Å²) in [5, 5.41) is 6.45. The summed E-state index contributed by atoms with van der Waals surface area (Å²) >= 11 is 0. The van der Waals surface area contributed by atoms with Gasteiger partial charge in [-0.3, -0.25) is 0 Å². The van der Waals surface area contributed by atoms with E-state index >= 15 is 0 Å². The highest BCUT2D eigenvalue weighted by Crippen LogP contribution is 2.46. The molecule has 12 rings (SSSR count). The van der Waals surface area contributed by atoms with Crippen LogP contribution in [0.4, 0.5) is 0 Å². The van der Waals surface area contributed by atoms with Crippen molar-refractivity contribution in [3.8, 4) is 51.0 Å². The molecule has 0 radical (unpaired) electrons. The third-order valence-corrected chi connectivity index (χ3v) is 11.1. The van der Waals surface area contributed by atoms with Gasteiger partial charge in [-0.2, -0.15) is 0 Å². The molecule has 0 atom stereocenters. The Balaban J connectivity index is 1.15.